The quantitative estimate of drug-likeness (QED) is 0.718. The van der Waals surface area contributed by atoms with Gasteiger partial charge in [-0.05, 0) is 31.5 Å². The number of sulfonamides is 1. The van der Waals surface area contributed by atoms with Gasteiger partial charge < -0.3 is 10.1 Å². The minimum absolute atomic E-state index is 0.0133. The molecular weight excluding hydrogens is 352 g/mol. The molecule has 1 atom stereocenters. The average Bonchev–Trinajstić information content (AvgIpc) is 2.52. The van der Waals surface area contributed by atoms with Crippen LogP contribution in [0.15, 0.2) is 23.1 Å². The van der Waals surface area contributed by atoms with Crippen molar-refractivity contribution in [1.29, 1.82) is 0 Å². The molecule has 1 aromatic rings. The second-order valence-corrected chi connectivity index (χ2v) is 7.83. The molecule has 136 valence electrons. The molecule has 0 aromatic heterocycles. The van der Waals surface area contributed by atoms with Gasteiger partial charge in [-0.2, -0.15) is 4.31 Å². The highest BCUT2D eigenvalue weighted by molar-refractivity contribution is 7.89. The zero-order valence-corrected chi connectivity index (χ0v) is 16.1. The van der Waals surface area contributed by atoms with E-state index in [1.165, 1.54) is 25.3 Å². The van der Waals surface area contributed by atoms with Crippen LogP contribution in [0.1, 0.15) is 33.6 Å². The van der Waals surface area contributed by atoms with Crippen molar-refractivity contribution in [3.8, 4) is 5.75 Å². The summed E-state index contributed by atoms with van der Waals surface area (Å²) in [7, 11) is -2.36. The zero-order chi connectivity index (χ0) is 18.3. The Balaban J connectivity index is 2.93. The van der Waals surface area contributed by atoms with Gasteiger partial charge in [0.15, 0.2) is 0 Å². The number of likely N-dealkylation sites (N-methyl/N-ethyl adjacent to an activating group) is 1. The fraction of sp³-hybridized carbons (Fsp3) is 0.562. The summed E-state index contributed by atoms with van der Waals surface area (Å²) < 4.78 is 31.6. The van der Waals surface area contributed by atoms with E-state index in [4.69, 9.17) is 16.3 Å². The van der Waals surface area contributed by atoms with Crippen LogP contribution >= 0.6 is 11.6 Å². The Kier molecular flexibility index (Phi) is 7.99. The van der Waals surface area contributed by atoms with Gasteiger partial charge in [0, 0.05) is 12.6 Å². The highest BCUT2D eigenvalue weighted by atomic mass is 35.5. The number of hydrogen-bond acceptors (Lipinski definition) is 4. The highest BCUT2D eigenvalue weighted by Gasteiger charge is 2.26. The summed E-state index contributed by atoms with van der Waals surface area (Å²) in [5.74, 6) is 0.0748. The van der Waals surface area contributed by atoms with Crippen LogP contribution in [-0.4, -0.2) is 44.9 Å². The summed E-state index contributed by atoms with van der Waals surface area (Å²) in [5.41, 5.74) is 0. The Labute approximate surface area is 149 Å². The lowest BCUT2D eigenvalue weighted by molar-refractivity contribution is -0.121. The van der Waals surface area contributed by atoms with Crippen LogP contribution in [0.5, 0.6) is 5.75 Å². The first-order chi connectivity index (χ1) is 11.3. The number of methoxy groups -OCH3 is 1. The summed E-state index contributed by atoms with van der Waals surface area (Å²) in [4.78, 5) is 12.1. The van der Waals surface area contributed by atoms with Gasteiger partial charge in [0.1, 0.15) is 5.75 Å². The highest BCUT2D eigenvalue weighted by Crippen LogP contribution is 2.28. The van der Waals surface area contributed by atoms with E-state index in [-0.39, 0.29) is 35.0 Å². The van der Waals surface area contributed by atoms with Crippen molar-refractivity contribution in [2.24, 2.45) is 0 Å². The summed E-state index contributed by atoms with van der Waals surface area (Å²) in [6.45, 7) is 5.57. The summed E-state index contributed by atoms with van der Waals surface area (Å²) >= 11 is 6.01. The molecule has 0 bridgehead atoms. The Morgan fingerprint density at radius 1 is 1.38 bits per heavy atom. The molecule has 0 saturated carbocycles. The van der Waals surface area contributed by atoms with E-state index in [1.807, 2.05) is 13.8 Å². The maximum atomic E-state index is 12.7. The molecule has 1 aromatic carbocycles. The normalized spacial score (nSPS) is 12.9. The van der Waals surface area contributed by atoms with Crippen molar-refractivity contribution in [1.82, 2.24) is 9.62 Å². The van der Waals surface area contributed by atoms with E-state index in [0.717, 1.165) is 17.1 Å². The Morgan fingerprint density at radius 3 is 2.54 bits per heavy atom. The lowest BCUT2D eigenvalue weighted by Crippen LogP contribution is -2.43. The molecule has 0 aliphatic rings. The van der Waals surface area contributed by atoms with Crippen molar-refractivity contribution >= 4 is 27.5 Å². The maximum absolute atomic E-state index is 12.7. The summed E-state index contributed by atoms with van der Waals surface area (Å²) in [6, 6.07) is 4.25. The number of carbonyl (C=O) groups excluding carboxylic acids is 1. The van der Waals surface area contributed by atoms with Crippen LogP contribution in [0.4, 0.5) is 0 Å². The molecule has 1 rings (SSSR count). The van der Waals surface area contributed by atoms with Gasteiger partial charge in [-0.15, -0.1) is 0 Å². The van der Waals surface area contributed by atoms with Gasteiger partial charge in [0.2, 0.25) is 15.9 Å². The second-order valence-electron chi connectivity index (χ2n) is 5.48. The molecule has 0 fully saturated rings. The minimum atomic E-state index is -3.81. The predicted molar refractivity (Wildman–Crippen MR) is 94.9 cm³/mol. The average molecular weight is 377 g/mol. The predicted octanol–water partition coefficient (Wildman–Crippen LogP) is 2.66. The number of benzene rings is 1. The van der Waals surface area contributed by atoms with Crippen LogP contribution in [0.3, 0.4) is 0 Å². The number of rotatable bonds is 9. The molecule has 0 heterocycles. The van der Waals surface area contributed by atoms with Crippen LogP contribution in [0.2, 0.25) is 5.02 Å². The van der Waals surface area contributed by atoms with Gasteiger partial charge in [0.05, 0.1) is 23.6 Å². The topological polar surface area (TPSA) is 75.7 Å². The lowest BCUT2D eigenvalue weighted by Gasteiger charge is -2.21. The molecule has 8 heteroatoms. The van der Waals surface area contributed by atoms with Crippen LogP contribution in [-0.2, 0) is 14.8 Å². The SMILES string of the molecule is CCC[C@@H](C)NC(=O)CN(CC)S(=O)(=O)c1ccc(OC)c(Cl)c1. The second kappa shape index (κ2) is 9.25. The van der Waals surface area contributed by atoms with E-state index < -0.39 is 10.0 Å². The zero-order valence-electron chi connectivity index (χ0n) is 14.5. The molecular formula is C16H25ClN2O4S. The van der Waals surface area contributed by atoms with E-state index in [9.17, 15) is 13.2 Å². The van der Waals surface area contributed by atoms with E-state index >= 15 is 0 Å². The van der Waals surface area contributed by atoms with Crippen LogP contribution in [0.25, 0.3) is 0 Å². The number of halogens is 1. The van der Waals surface area contributed by atoms with Gasteiger partial charge >= 0.3 is 0 Å². The van der Waals surface area contributed by atoms with E-state index in [2.05, 4.69) is 5.32 Å². The van der Waals surface area contributed by atoms with Crippen LogP contribution in [0, 0.1) is 0 Å². The fourth-order valence-corrected chi connectivity index (χ4v) is 4.06. The first kappa shape index (κ1) is 20.7. The molecule has 0 aliphatic carbocycles. The largest absolute Gasteiger partial charge is 0.495 e. The van der Waals surface area contributed by atoms with Crippen molar-refractivity contribution in [2.75, 3.05) is 20.2 Å². The third-order valence-electron chi connectivity index (χ3n) is 3.56. The van der Waals surface area contributed by atoms with Crippen molar-refractivity contribution in [2.45, 2.75) is 44.6 Å². The molecule has 0 radical (unpaired) electrons. The van der Waals surface area contributed by atoms with Gasteiger partial charge in [-0.1, -0.05) is 31.9 Å². The molecule has 0 unspecified atom stereocenters. The number of nitrogens with zero attached hydrogens (tertiary/aromatic N) is 1. The van der Waals surface area contributed by atoms with Gasteiger partial charge in [-0.25, -0.2) is 8.42 Å². The molecule has 24 heavy (non-hydrogen) atoms. The third-order valence-corrected chi connectivity index (χ3v) is 5.77. The summed E-state index contributed by atoms with van der Waals surface area (Å²) in [5, 5.41) is 3.01. The molecule has 1 amide bonds. The smallest absolute Gasteiger partial charge is 0.243 e. The standard InChI is InChI=1S/C16H25ClN2O4S/c1-5-7-12(3)18-16(20)11-19(6-2)24(21,22)13-8-9-15(23-4)14(17)10-13/h8-10,12H,5-7,11H2,1-4H3,(H,18,20)/t12-/m1/s1. The molecule has 0 aliphatic heterocycles. The molecule has 0 saturated heterocycles. The molecule has 6 nitrogen and oxygen atoms in total. The van der Waals surface area contributed by atoms with Gasteiger partial charge in [0.25, 0.3) is 0 Å². The van der Waals surface area contributed by atoms with Crippen molar-refractivity contribution < 1.29 is 17.9 Å². The van der Waals surface area contributed by atoms with Crippen molar-refractivity contribution in [3.63, 3.8) is 0 Å². The Hall–Kier alpha value is -1.31. The fourth-order valence-electron chi connectivity index (χ4n) is 2.31. The third kappa shape index (κ3) is 5.36. The van der Waals surface area contributed by atoms with Gasteiger partial charge in [-0.3, -0.25) is 4.79 Å². The molecule has 1 N–H and O–H groups in total. The summed E-state index contributed by atoms with van der Waals surface area (Å²) in [6.07, 6.45) is 1.79. The number of amides is 1. The number of carbonyl (C=O) groups is 1. The number of nitrogens with one attached hydrogen (secondary N) is 1. The molecule has 0 spiro atoms. The van der Waals surface area contributed by atoms with E-state index in [1.54, 1.807) is 6.92 Å². The van der Waals surface area contributed by atoms with Crippen molar-refractivity contribution in [3.05, 3.63) is 23.2 Å². The maximum Gasteiger partial charge on any atom is 0.243 e. The first-order valence-corrected chi connectivity index (χ1v) is 9.71. The van der Waals surface area contributed by atoms with Crippen LogP contribution < -0.4 is 10.1 Å². The minimum Gasteiger partial charge on any atom is -0.495 e. The first-order valence-electron chi connectivity index (χ1n) is 7.89. The Bertz CT molecular complexity index is 664. The van der Waals surface area contributed by atoms with E-state index in [0.29, 0.717) is 5.75 Å². The number of ether oxygens (including phenoxy) is 1. The monoisotopic (exact) mass is 376 g/mol. The lowest BCUT2D eigenvalue weighted by atomic mass is 10.2. The Morgan fingerprint density at radius 2 is 2.04 bits per heavy atom. The number of hydrogen-bond donors (Lipinski definition) is 1.